The highest BCUT2D eigenvalue weighted by atomic mass is 35.5. The molecule has 2 atom stereocenters. The summed E-state index contributed by atoms with van der Waals surface area (Å²) >= 11 is 5.86. The van der Waals surface area contributed by atoms with Crippen molar-refractivity contribution in [1.82, 2.24) is 5.32 Å². The first-order chi connectivity index (χ1) is 12.5. The van der Waals surface area contributed by atoms with Crippen molar-refractivity contribution < 1.29 is 19.0 Å². The number of halogens is 1. The summed E-state index contributed by atoms with van der Waals surface area (Å²) in [7, 11) is 1.61. The highest BCUT2D eigenvalue weighted by molar-refractivity contribution is 6.30. The molecule has 2 rings (SSSR count). The smallest absolute Gasteiger partial charge is 0.261 e. The number of hydrogen-bond donors (Lipinski definition) is 1. The van der Waals surface area contributed by atoms with E-state index in [1.165, 1.54) is 0 Å². The fourth-order valence-electron chi connectivity index (χ4n) is 2.27. The number of rotatable bonds is 9. The monoisotopic (exact) mass is 377 g/mol. The number of methoxy groups -OCH3 is 1. The van der Waals surface area contributed by atoms with Gasteiger partial charge in [-0.3, -0.25) is 4.79 Å². The van der Waals surface area contributed by atoms with Gasteiger partial charge in [-0.2, -0.15) is 0 Å². The van der Waals surface area contributed by atoms with Gasteiger partial charge in [-0.15, -0.1) is 0 Å². The SMILES string of the molecule is CC[C@H](Oc1ccc(Cl)cc1)C(=O)N[C@H](C)COc1ccc(OC)cc1. The molecule has 0 aliphatic rings. The standard InChI is InChI=1S/C20H24ClNO4/c1-4-19(26-18-7-5-15(21)6-8-18)20(23)22-14(2)13-25-17-11-9-16(24-3)10-12-17/h5-12,14,19H,4,13H2,1-3H3,(H,22,23)/t14-,19+/m1/s1. The lowest BCUT2D eigenvalue weighted by Crippen LogP contribution is -2.44. The van der Waals surface area contributed by atoms with Crippen molar-refractivity contribution >= 4 is 17.5 Å². The molecule has 0 heterocycles. The minimum atomic E-state index is -0.570. The maximum Gasteiger partial charge on any atom is 0.261 e. The van der Waals surface area contributed by atoms with Gasteiger partial charge in [0.05, 0.1) is 13.2 Å². The first kappa shape index (κ1) is 19.9. The Morgan fingerprint density at radius 1 is 1.04 bits per heavy atom. The third-order valence-electron chi connectivity index (χ3n) is 3.70. The van der Waals surface area contributed by atoms with Gasteiger partial charge in [-0.05, 0) is 61.9 Å². The molecular formula is C20H24ClNO4. The second-order valence-electron chi connectivity index (χ2n) is 5.86. The van der Waals surface area contributed by atoms with Gasteiger partial charge in [0.1, 0.15) is 23.9 Å². The quantitative estimate of drug-likeness (QED) is 0.715. The Labute approximate surface area is 159 Å². The predicted molar refractivity (Wildman–Crippen MR) is 102 cm³/mol. The van der Waals surface area contributed by atoms with Crippen LogP contribution in [-0.4, -0.2) is 31.8 Å². The number of amides is 1. The normalized spacial score (nSPS) is 12.8. The summed E-state index contributed by atoms with van der Waals surface area (Å²) in [6.07, 6.45) is -0.0137. The van der Waals surface area contributed by atoms with E-state index in [-0.39, 0.29) is 11.9 Å². The zero-order chi connectivity index (χ0) is 18.9. The lowest BCUT2D eigenvalue weighted by Gasteiger charge is -2.21. The highest BCUT2D eigenvalue weighted by Crippen LogP contribution is 2.18. The van der Waals surface area contributed by atoms with E-state index in [0.29, 0.717) is 23.8 Å². The molecule has 2 aromatic carbocycles. The third kappa shape index (κ3) is 6.15. The lowest BCUT2D eigenvalue weighted by molar-refractivity contribution is -0.128. The first-order valence-corrected chi connectivity index (χ1v) is 8.89. The van der Waals surface area contributed by atoms with E-state index in [2.05, 4.69) is 5.32 Å². The lowest BCUT2D eigenvalue weighted by atomic mass is 10.2. The Balaban J connectivity index is 1.82. The van der Waals surface area contributed by atoms with Crippen molar-refractivity contribution in [3.8, 4) is 17.2 Å². The second kappa shape index (κ2) is 9.92. The molecule has 140 valence electrons. The van der Waals surface area contributed by atoms with Crippen LogP contribution in [0.4, 0.5) is 0 Å². The molecule has 0 spiro atoms. The van der Waals surface area contributed by atoms with Crippen molar-refractivity contribution in [1.29, 1.82) is 0 Å². The molecule has 0 radical (unpaired) electrons. The Hall–Kier alpha value is -2.40. The maximum absolute atomic E-state index is 12.4. The maximum atomic E-state index is 12.4. The first-order valence-electron chi connectivity index (χ1n) is 8.51. The summed E-state index contributed by atoms with van der Waals surface area (Å²) in [6, 6.07) is 14.1. The molecule has 26 heavy (non-hydrogen) atoms. The molecular weight excluding hydrogens is 354 g/mol. The molecule has 0 fully saturated rings. The van der Waals surface area contributed by atoms with Crippen molar-refractivity contribution in [2.75, 3.05) is 13.7 Å². The molecule has 0 bridgehead atoms. The molecule has 1 N–H and O–H groups in total. The van der Waals surface area contributed by atoms with Crippen molar-refractivity contribution in [2.45, 2.75) is 32.4 Å². The van der Waals surface area contributed by atoms with Gasteiger partial charge in [0, 0.05) is 5.02 Å². The Kier molecular flexibility index (Phi) is 7.60. The van der Waals surface area contributed by atoms with Crippen LogP contribution in [0.1, 0.15) is 20.3 Å². The summed E-state index contributed by atoms with van der Waals surface area (Å²) in [6.45, 7) is 4.14. The van der Waals surface area contributed by atoms with E-state index in [0.717, 1.165) is 11.5 Å². The molecule has 0 aliphatic heterocycles. The van der Waals surface area contributed by atoms with E-state index in [1.54, 1.807) is 31.4 Å². The van der Waals surface area contributed by atoms with Gasteiger partial charge in [-0.1, -0.05) is 18.5 Å². The van der Waals surface area contributed by atoms with Crippen LogP contribution in [0, 0.1) is 0 Å². The van der Waals surface area contributed by atoms with Gasteiger partial charge in [-0.25, -0.2) is 0 Å². The summed E-state index contributed by atoms with van der Waals surface area (Å²) in [5.74, 6) is 1.92. The van der Waals surface area contributed by atoms with Crippen LogP contribution in [0.5, 0.6) is 17.2 Å². The third-order valence-corrected chi connectivity index (χ3v) is 3.96. The average Bonchev–Trinajstić information content (AvgIpc) is 2.66. The summed E-state index contributed by atoms with van der Waals surface area (Å²) in [4.78, 5) is 12.4. The number of carbonyl (C=O) groups excluding carboxylic acids is 1. The predicted octanol–water partition coefficient (Wildman–Crippen LogP) is 4.09. The molecule has 0 saturated carbocycles. The van der Waals surface area contributed by atoms with Crippen LogP contribution in [0.15, 0.2) is 48.5 Å². The fourth-order valence-corrected chi connectivity index (χ4v) is 2.40. The number of ether oxygens (including phenoxy) is 3. The Morgan fingerprint density at radius 2 is 1.62 bits per heavy atom. The van der Waals surface area contributed by atoms with E-state index in [9.17, 15) is 4.79 Å². The van der Waals surface area contributed by atoms with Crippen LogP contribution in [0.3, 0.4) is 0 Å². The van der Waals surface area contributed by atoms with E-state index in [1.807, 2.05) is 38.1 Å². The number of benzene rings is 2. The van der Waals surface area contributed by atoms with Crippen LogP contribution < -0.4 is 19.5 Å². The van der Waals surface area contributed by atoms with Crippen LogP contribution in [0.2, 0.25) is 5.02 Å². The number of hydrogen-bond acceptors (Lipinski definition) is 4. The van der Waals surface area contributed by atoms with Crippen LogP contribution >= 0.6 is 11.6 Å². The largest absolute Gasteiger partial charge is 0.497 e. The minimum Gasteiger partial charge on any atom is -0.497 e. The van der Waals surface area contributed by atoms with Crippen molar-refractivity contribution in [2.24, 2.45) is 0 Å². The molecule has 0 aliphatic carbocycles. The fraction of sp³-hybridized carbons (Fsp3) is 0.350. The van der Waals surface area contributed by atoms with Gasteiger partial charge in [0.15, 0.2) is 6.10 Å². The summed E-state index contributed by atoms with van der Waals surface area (Å²) in [5, 5.41) is 3.54. The molecule has 6 heteroatoms. The van der Waals surface area contributed by atoms with Gasteiger partial charge in [0.25, 0.3) is 5.91 Å². The summed E-state index contributed by atoms with van der Waals surface area (Å²) < 4.78 is 16.5. The van der Waals surface area contributed by atoms with Crippen LogP contribution in [-0.2, 0) is 4.79 Å². The van der Waals surface area contributed by atoms with Gasteiger partial charge < -0.3 is 19.5 Å². The topological polar surface area (TPSA) is 56.8 Å². The number of nitrogens with one attached hydrogen (secondary N) is 1. The van der Waals surface area contributed by atoms with E-state index in [4.69, 9.17) is 25.8 Å². The number of carbonyl (C=O) groups is 1. The minimum absolute atomic E-state index is 0.160. The Bertz CT molecular complexity index is 688. The molecule has 0 saturated heterocycles. The zero-order valence-corrected chi connectivity index (χ0v) is 16.0. The molecule has 1 amide bonds. The van der Waals surface area contributed by atoms with Crippen LogP contribution in [0.25, 0.3) is 0 Å². The molecule has 5 nitrogen and oxygen atoms in total. The van der Waals surface area contributed by atoms with Gasteiger partial charge in [0.2, 0.25) is 0 Å². The molecule has 2 aromatic rings. The van der Waals surface area contributed by atoms with E-state index < -0.39 is 6.10 Å². The summed E-state index contributed by atoms with van der Waals surface area (Å²) in [5.41, 5.74) is 0. The van der Waals surface area contributed by atoms with Gasteiger partial charge >= 0.3 is 0 Å². The second-order valence-corrected chi connectivity index (χ2v) is 6.30. The molecule has 0 unspecified atom stereocenters. The van der Waals surface area contributed by atoms with Crippen molar-refractivity contribution in [3.05, 3.63) is 53.6 Å². The van der Waals surface area contributed by atoms with E-state index >= 15 is 0 Å². The Morgan fingerprint density at radius 3 is 2.19 bits per heavy atom. The molecule has 0 aromatic heterocycles. The highest BCUT2D eigenvalue weighted by Gasteiger charge is 2.20. The zero-order valence-electron chi connectivity index (χ0n) is 15.2. The average molecular weight is 378 g/mol. The van der Waals surface area contributed by atoms with Crippen molar-refractivity contribution in [3.63, 3.8) is 0 Å².